The summed E-state index contributed by atoms with van der Waals surface area (Å²) in [6.07, 6.45) is 6.46. The Morgan fingerprint density at radius 3 is 2.59 bits per heavy atom. The van der Waals surface area contributed by atoms with E-state index in [0.717, 1.165) is 36.1 Å². The zero-order chi connectivity index (χ0) is 25.5. The number of ether oxygens (including phenoxy) is 2. The predicted octanol–water partition coefficient (Wildman–Crippen LogP) is 5.04. The van der Waals surface area contributed by atoms with Crippen LogP contribution >= 0.6 is 0 Å². The number of anilines is 1. The number of fused-ring (bicyclic) bond motifs is 3. The van der Waals surface area contributed by atoms with Crippen molar-refractivity contribution >= 4 is 11.9 Å². The van der Waals surface area contributed by atoms with Crippen molar-refractivity contribution in [3.8, 4) is 16.9 Å². The van der Waals surface area contributed by atoms with Gasteiger partial charge in [-0.1, -0.05) is 24.3 Å². The highest BCUT2D eigenvalue weighted by molar-refractivity contribution is 6.00. The van der Waals surface area contributed by atoms with Crippen molar-refractivity contribution in [3.63, 3.8) is 0 Å². The third-order valence-corrected chi connectivity index (χ3v) is 7.76. The molecule has 2 unspecified atom stereocenters. The number of carbonyl (C=O) groups is 1. The zero-order valence-electron chi connectivity index (χ0n) is 20.5. The summed E-state index contributed by atoms with van der Waals surface area (Å²) in [4.78, 5) is 26.5. The van der Waals surface area contributed by atoms with Crippen LogP contribution in [0.1, 0.15) is 52.7 Å². The minimum absolute atomic E-state index is 0.0221. The number of aromatic nitrogens is 2. The molecule has 192 valence electrons. The average Bonchev–Trinajstić information content (AvgIpc) is 3.61. The molecule has 3 aliphatic rings. The van der Waals surface area contributed by atoms with Gasteiger partial charge in [-0.15, -0.1) is 0 Å². The van der Waals surface area contributed by atoms with Gasteiger partial charge in [0.25, 0.3) is 5.91 Å². The molecule has 2 saturated heterocycles. The van der Waals surface area contributed by atoms with Crippen LogP contribution in [0, 0.1) is 0 Å². The molecule has 0 aliphatic carbocycles. The molecular weight excluding hydrogens is 478 g/mol. The lowest BCUT2D eigenvalue weighted by Gasteiger charge is -2.24. The van der Waals surface area contributed by atoms with Crippen LogP contribution in [0.3, 0.4) is 0 Å². The summed E-state index contributed by atoms with van der Waals surface area (Å²) in [5.74, 6) is 0.699. The molecule has 37 heavy (non-hydrogen) atoms. The molecule has 0 saturated carbocycles. The highest BCUT2D eigenvalue weighted by Crippen LogP contribution is 2.51. The summed E-state index contributed by atoms with van der Waals surface area (Å²) in [6, 6.07) is 12.7. The van der Waals surface area contributed by atoms with E-state index < -0.39 is 6.61 Å². The van der Waals surface area contributed by atoms with Crippen molar-refractivity contribution in [2.75, 3.05) is 31.7 Å². The van der Waals surface area contributed by atoms with E-state index in [-0.39, 0.29) is 29.7 Å². The highest BCUT2D eigenvalue weighted by Gasteiger charge is 2.46. The molecule has 2 aromatic carbocycles. The number of hydrogen-bond donors (Lipinski definition) is 0. The number of para-hydroxylation sites is 1. The Labute approximate surface area is 214 Å². The first-order valence-electron chi connectivity index (χ1n) is 12.6. The molecule has 3 atom stereocenters. The van der Waals surface area contributed by atoms with Gasteiger partial charge in [-0.25, -0.2) is 9.97 Å². The lowest BCUT2D eigenvalue weighted by molar-refractivity contribution is -0.0507. The molecule has 7 nitrogen and oxygen atoms in total. The van der Waals surface area contributed by atoms with Gasteiger partial charge < -0.3 is 19.3 Å². The van der Waals surface area contributed by atoms with Gasteiger partial charge in [0.05, 0.1) is 18.7 Å². The summed E-state index contributed by atoms with van der Waals surface area (Å²) in [7, 11) is 1.71. The van der Waals surface area contributed by atoms with E-state index in [2.05, 4.69) is 14.9 Å². The Morgan fingerprint density at radius 2 is 1.81 bits per heavy atom. The largest absolute Gasteiger partial charge is 0.435 e. The molecule has 1 aromatic heterocycles. The summed E-state index contributed by atoms with van der Waals surface area (Å²) < 4.78 is 36.3. The normalized spacial score (nSPS) is 22.6. The van der Waals surface area contributed by atoms with Crippen molar-refractivity contribution in [1.29, 1.82) is 0 Å². The molecule has 0 spiro atoms. The smallest absolute Gasteiger partial charge is 0.387 e. The van der Waals surface area contributed by atoms with Crippen LogP contribution in [0.5, 0.6) is 5.75 Å². The Hall–Kier alpha value is -3.59. The molecule has 6 rings (SSSR count). The monoisotopic (exact) mass is 506 g/mol. The maximum absolute atomic E-state index is 13.2. The SMILES string of the molecule is COCC1CCCN1c1ncc(-c2ccc3c(c2)C2[C@@H](c4ccccc4OC(F)F)CCN2C3=O)cn1. The van der Waals surface area contributed by atoms with E-state index in [4.69, 9.17) is 9.47 Å². The second kappa shape index (κ2) is 9.70. The summed E-state index contributed by atoms with van der Waals surface area (Å²) in [5, 5.41) is 0. The van der Waals surface area contributed by atoms with Crippen LogP contribution < -0.4 is 9.64 Å². The fourth-order valence-electron chi connectivity index (χ4n) is 6.14. The fourth-order valence-corrected chi connectivity index (χ4v) is 6.14. The predicted molar refractivity (Wildman–Crippen MR) is 134 cm³/mol. The van der Waals surface area contributed by atoms with E-state index in [9.17, 15) is 13.6 Å². The topological polar surface area (TPSA) is 67.8 Å². The number of carbonyl (C=O) groups excluding carboxylic acids is 1. The third-order valence-electron chi connectivity index (χ3n) is 7.76. The lowest BCUT2D eigenvalue weighted by Crippen LogP contribution is -2.34. The third kappa shape index (κ3) is 4.21. The zero-order valence-corrected chi connectivity index (χ0v) is 20.5. The molecule has 0 bridgehead atoms. The Morgan fingerprint density at radius 1 is 1.00 bits per heavy atom. The Bertz CT molecular complexity index is 1300. The molecule has 3 aromatic rings. The van der Waals surface area contributed by atoms with E-state index in [0.29, 0.717) is 36.6 Å². The number of benzene rings is 2. The molecular formula is C28H28F2N4O3. The van der Waals surface area contributed by atoms with Crippen molar-refractivity contribution < 1.29 is 23.0 Å². The molecule has 3 aliphatic heterocycles. The van der Waals surface area contributed by atoms with Gasteiger partial charge in [-0.2, -0.15) is 8.78 Å². The number of halogens is 2. The van der Waals surface area contributed by atoms with E-state index >= 15 is 0 Å². The number of nitrogens with zero attached hydrogens (tertiary/aromatic N) is 4. The van der Waals surface area contributed by atoms with E-state index in [1.165, 1.54) is 0 Å². The minimum Gasteiger partial charge on any atom is -0.435 e. The van der Waals surface area contributed by atoms with Gasteiger partial charge >= 0.3 is 6.61 Å². The molecule has 9 heteroatoms. The Kier molecular flexibility index (Phi) is 6.24. The second-order valence-electron chi connectivity index (χ2n) is 9.77. The van der Waals surface area contributed by atoms with Gasteiger partial charge in [0.15, 0.2) is 0 Å². The van der Waals surface area contributed by atoms with Gasteiger partial charge in [0, 0.05) is 49.6 Å². The summed E-state index contributed by atoms with van der Waals surface area (Å²) in [6.45, 7) is -0.785. The summed E-state index contributed by atoms with van der Waals surface area (Å²) in [5.41, 5.74) is 4.03. The van der Waals surface area contributed by atoms with Crippen LogP contribution in [0.2, 0.25) is 0 Å². The first kappa shape index (κ1) is 23.8. The van der Waals surface area contributed by atoms with Crippen LogP contribution in [0.4, 0.5) is 14.7 Å². The quantitative estimate of drug-likeness (QED) is 0.447. The molecule has 0 radical (unpaired) electrons. The number of alkyl halides is 2. The first-order valence-corrected chi connectivity index (χ1v) is 12.6. The van der Waals surface area contributed by atoms with Gasteiger partial charge in [-0.3, -0.25) is 4.79 Å². The number of amides is 1. The van der Waals surface area contributed by atoms with Crippen LogP contribution in [0.15, 0.2) is 54.9 Å². The van der Waals surface area contributed by atoms with Crippen LogP contribution in [0.25, 0.3) is 11.1 Å². The highest BCUT2D eigenvalue weighted by atomic mass is 19.3. The van der Waals surface area contributed by atoms with Gasteiger partial charge in [-0.05, 0) is 54.2 Å². The molecule has 1 amide bonds. The molecule has 2 fully saturated rings. The van der Waals surface area contributed by atoms with Crippen molar-refractivity contribution in [3.05, 3.63) is 71.5 Å². The molecule has 4 heterocycles. The van der Waals surface area contributed by atoms with Crippen LogP contribution in [-0.2, 0) is 4.74 Å². The first-order chi connectivity index (χ1) is 18.0. The fraction of sp³-hybridized carbons (Fsp3) is 0.393. The lowest BCUT2D eigenvalue weighted by atomic mass is 9.86. The average molecular weight is 507 g/mol. The van der Waals surface area contributed by atoms with Crippen molar-refractivity contribution in [1.82, 2.24) is 14.9 Å². The minimum atomic E-state index is -2.91. The maximum Gasteiger partial charge on any atom is 0.387 e. The molecule has 0 N–H and O–H groups in total. The number of hydrogen-bond acceptors (Lipinski definition) is 6. The Balaban J connectivity index is 1.31. The van der Waals surface area contributed by atoms with E-state index in [1.54, 1.807) is 19.2 Å². The van der Waals surface area contributed by atoms with Gasteiger partial charge in [0.1, 0.15) is 5.75 Å². The maximum atomic E-state index is 13.2. The second-order valence-corrected chi connectivity index (χ2v) is 9.77. The van der Waals surface area contributed by atoms with E-state index in [1.807, 2.05) is 47.6 Å². The van der Waals surface area contributed by atoms with Gasteiger partial charge in [0.2, 0.25) is 5.95 Å². The number of rotatable bonds is 7. The van der Waals surface area contributed by atoms with Crippen molar-refractivity contribution in [2.45, 2.75) is 43.9 Å². The summed E-state index contributed by atoms with van der Waals surface area (Å²) >= 11 is 0. The van der Waals surface area contributed by atoms with Crippen molar-refractivity contribution in [2.24, 2.45) is 0 Å². The van der Waals surface area contributed by atoms with Crippen LogP contribution in [-0.4, -0.2) is 60.2 Å². The standard InChI is InChI=1S/C28H28F2N4O3/c1-36-16-19-5-4-11-33(19)28-31-14-18(15-32-28)17-8-9-22-23(13-17)25-21(10-12-34(25)26(22)35)20-6-2-3-7-24(20)37-27(29)30/h2-3,6-9,13-15,19,21,25,27H,4-5,10-12,16H2,1H3/t19?,21-,25?/m1/s1. The number of methoxy groups -OCH3 is 1.